The van der Waals surface area contributed by atoms with Gasteiger partial charge >= 0.3 is 0 Å². The van der Waals surface area contributed by atoms with Crippen molar-refractivity contribution < 1.29 is 4.79 Å². The molecule has 0 aromatic heterocycles. The third-order valence-electron chi connectivity index (χ3n) is 3.56. The topological polar surface area (TPSA) is 29.1 Å². The summed E-state index contributed by atoms with van der Waals surface area (Å²) < 4.78 is 0. The van der Waals surface area contributed by atoms with E-state index < -0.39 is 0 Å². The molecule has 17 heavy (non-hydrogen) atoms. The molecule has 0 aromatic rings. The highest BCUT2D eigenvalue weighted by molar-refractivity contribution is 6.18. The number of halogens is 1. The molecule has 2 nitrogen and oxygen atoms in total. The third kappa shape index (κ3) is 6.30. The number of rotatable bonds is 7. The summed E-state index contributed by atoms with van der Waals surface area (Å²) in [5.41, 5.74) is 0. The predicted molar refractivity (Wildman–Crippen MR) is 73.3 cm³/mol. The van der Waals surface area contributed by atoms with Crippen LogP contribution in [0.2, 0.25) is 0 Å². The fraction of sp³-hybridized carbons (Fsp3) is 0.929. The number of carbonyl (C=O) groups excluding carboxylic acids is 1. The van der Waals surface area contributed by atoms with E-state index in [-0.39, 0.29) is 11.9 Å². The summed E-state index contributed by atoms with van der Waals surface area (Å²) in [5, 5.41) is 3.05. The summed E-state index contributed by atoms with van der Waals surface area (Å²) in [6.45, 7) is 4.31. The van der Waals surface area contributed by atoms with E-state index >= 15 is 0 Å². The molecule has 1 fully saturated rings. The first-order valence-corrected chi connectivity index (χ1v) is 7.50. The van der Waals surface area contributed by atoms with Crippen molar-refractivity contribution in [3.63, 3.8) is 0 Å². The molecule has 0 heterocycles. The molecule has 100 valence electrons. The lowest BCUT2D eigenvalue weighted by atomic mass is 10.0. The van der Waals surface area contributed by atoms with E-state index in [2.05, 4.69) is 19.2 Å². The fourth-order valence-corrected chi connectivity index (χ4v) is 2.87. The van der Waals surface area contributed by atoms with Crippen LogP contribution in [0.5, 0.6) is 0 Å². The zero-order chi connectivity index (χ0) is 12.7. The maximum atomic E-state index is 11.8. The van der Waals surface area contributed by atoms with E-state index in [1.165, 1.54) is 25.7 Å². The van der Waals surface area contributed by atoms with Crippen molar-refractivity contribution in [3.8, 4) is 0 Å². The van der Waals surface area contributed by atoms with Gasteiger partial charge in [-0.3, -0.25) is 4.79 Å². The molecule has 1 N–H and O–H groups in total. The number of hydrogen-bond acceptors (Lipinski definition) is 1. The molecule has 1 unspecified atom stereocenters. The lowest BCUT2D eigenvalue weighted by Gasteiger charge is -2.18. The Balaban J connectivity index is 2.17. The van der Waals surface area contributed by atoms with Crippen LogP contribution in [-0.4, -0.2) is 17.8 Å². The number of hydrogen-bond donors (Lipinski definition) is 1. The average molecular weight is 260 g/mol. The van der Waals surface area contributed by atoms with Crippen molar-refractivity contribution in [2.45, 2.75) is 64.8 Å². The van der Waals surface area contributed by atoms with Gasteiger partial charge in [0.1, 0.15) is 0 Å². The highest BCUT2D eigenvalue weighted by atomic mass is 35.5. The highest BCUT2D eigenvalue weighted by Crippen LogP contribution is 2.28. The van der Waals surface area contributed by atoms with Crippen LogP contribution in [0.3, 0.4) is 0 Å². The summed E-state index contributed by atoms with van der Waals surface area (Å²) in [7, 11) is 0. The molecular weight excluding hydrogens is 234 g/mol. The Labute approximate surface area is 110 Å². The monoisotopic (exact) mass is 259 g/mol. The van der Waals surface area contributed by atoms with E-state index in [1.54, 1.807) is 0 Å². The SMILES string of the molecule is CC(C)CC(CCl)NC(=O)CCC1CCCC1. The second-order valence-corrected chi connectivity index (χ2v) is 6.05. The van der Waals surface area contributed by atoms with Crippen molar-refractivity contribution in [1.29, 1.82) is 0 Å². The molecular formula is C14H26ClNO. The van der Waals surface area contributed by atoms with E-state index in [0.29, 0.717) is 18.2 Å². The van der Waals surface area contributed by atoms with Crippen molar-refractivity contribution >= 4 is 17.5 Å². The van der Waals surface area contributed by atoms with Gasteiger partial charge in [-0.25, -0.2) is 0 Å². The second-order valence-electron chi connectivity index (χ2n) is 5.74. The minimum atomic E-state index is 0.146. The molecule has 3 heteroatoms. The zero-order valence-electron chi connectivity index (χ0n) is 11.2. The first-order chi connectivity index (χ1) is 8.11. The minimum Gasteiger partial charge on any atom is -0.352 e. The van der Waals surface area contributed by atoms with Crippen LogP contribution in [0.1, 0.15) is 58.8 Å². The van der Waals surface area contributed by atoms with E-state index in [9.17, 15) is 4.79 Å². The molecule has 1 saturated carbocycles. The molecule has 0 bridgehead atoms. The molecule has 0 aromatic carbocycles. The van der Waals surface area contributed by atoms with Gasteiger partial charge < -0.3 is 5.32 Å². The average Bonchev–Trinajstić information content (AvgIpc) is 2.77. The van der Waals surface area contributed by atoms with Crippen LogP contribution < -0.4 is 5.32 Å². The maximum absolute atomic E-state index is 11.8. The first-order valence-electron chi connectivity index (χ1n) is 6.97. The van der Waals surface area contributed by atoms with Crippen molar-refractivity contribution in [1.82, 2.24) is 5.32 Å². The first kappa shape index (κ1) is 14.8. The van der Waals surface area contributed by atoms with Crippen LogP contribution in [0.4, 0.5) is 0 Å². The van der Waals surface area contributed by atoms with E-state index in [1.807, 2.05) is 0 Å². The number of nitrogens with one attached hydrogen (secondary N) is 1. The molecule has 1 amide bonds. The normalized spacial score (nSPS) is 18.6. The van der Waals surface area contributed by atoms with Crippen LogP contribution in [0, 0.1) is 11.8 Å². The highest BCUT2D eigenvalue weighted by Gasteiger charge is 2.17. The van der Waals surface area contributed by atoms with Crippen molar-refractivity contribution in [3.05, 3.63) is 0 Å². The van der Waals surface area contributed by atoms with Gasteiger partial charge in [-0.2, -0.15) is 0 Å². The molecule has 1 aliphatic carbocycles. The predicted octanol–water partition coefficient (Wildman–Crippen LogP) is 3.73. The lowest BCUT2D eigenvalue weighted by Crippen LogP contribution is -2.37. The van der Waals surface area contributed by atoms with Gasteiger partial charge in [0.05, 0.1) is 0 Å². The van der Waals surface area contributed by atoms with Gasteiger partial charge in [0.25, 0.3) is 0 Å². The van der Waals surface area contributed by atoms with Crippen molar-refractivity contribution in [2.75, 3.05) is 5.88 Å². The minimum absolute atomic E-state index is 0.146. The quantitative estimate of drug-likeness (QED) is 0.694. The Morgan fingerprint density at radius 1 is 1.35 bits per heavy atom. The summed E-state index contributed by atoms with van der Waals surface area (Å²) in [5.74, 6) is 2.07. The van der Waals surface area contributed by atoms with Gasteiger partial charge in [0, 0.05) is 18.3 Å². The summed E-state index contributed by atoms with van der Waals surface area (Å²) in [6, 6.07) is 0.146. The Morgan fingerprint density at radius 3 is 2.53 bits per heavy atom. The summed E-state index contributed by atoms with van der Waals surface area (Å²) in [4.78, 5) is 11.8. The molecule has 0 radical (unpaired) electrons. The molecule has 0 saturated heterocycles. The molecule has 0 aliphatic heterocycles. The Morgan fingerprint density at radius 2 is 2.00 bits per heavy atom. The Bertz CT molecular complexity index is 224. The number of alkyl halides is 1. The Hall–Kier alpha value is -0.240. The second kappa shape index (κ2) is 7.97. The van der Waals surface area contributed by atoms with Gasteiger partial charge in [-0.1, -0.05) is 39.5 Å². The van der Waals surface area contributed by atoms with Crippen LogP contribution >= 0.6 is 11.6 Å². The van der Waals surface area contributed by atoms with Crippen LogP contribution in [0.25, 0.3) is 0 Å². The molecule has 1 aliphatic rings. The third-order valence-corrected chi connectivity index (χ3v) is 3.93. The van der Waals surface area contributed by atoms with Crippen molar-refractivity contribution in [2.24, 2.45) is 11.8 Å². The van der Waals surface area contributed by atoms with Gasteiger partial charge in [0.15, 0.2) is 0 Å². The maximum Gasteiger partial charge on any atom is 0.220 e. The van der Waals surface area contributed by atoms with Crippen LogP contribution in [-0.2, 0) is 4.79 Å². The number of amides is 1. The Kier molecular flexibility index (Phi) is 6.94. The zero-order valence-corrected chi connectivity index (χ0v) is 11.9. The van der Waals surface area contributed by atoms with Crippen LogP contribution in [0.15, 0.2) is 0 Å². The number of carbonyl (C=O) groups is 1. The molecule has 0 spiro atoms. The summed E-state index contributed by atoms with van der Waals surface area (Å²) in [6.07, 6.45) is 8.04. The van der Waals surface area contributed by atoms with Gasteiger partial charge in [-0.15, -0.1) is 11.6 Å². The molecule has 1 rings (SSSR count). The fourth-order valence-electron chi connectivity index (χ4n) is 2.66. The van der Waals surface area contributed by atoms with Gasteiger partial charge in [0.2, 0.25) is 5.91 Å². The van der Waals surface area contributed by atoms with E-state index in [4.69, 9.17) is 11.6 Å². The smallest absolute Gasteiger partial charge is 0.220 e. The largest absolute Gasteiger partial charge is 0.352 e. The molecule has 1 atom stereocenters. The summed E-state index contributed by atoms with van der Waals surface area (Å²) >= 11 is 5.87. The van der Waals surface area contributed by atoms with Gasteiger partial charge in [-0.05, 0) is 24.7 Å². The lowest BCUT2D eigenvalue weighted by molar-refractivity contribution is -0.122. The van der Waals surface area contributed by atoms with E-state index in [0.717, 1.165) is 18.8 Å². The standard InChI is InChI=1S/C14H26ClNO/c1-11(2)9-13(10-15)16-14(17)8-7-12-5-3-4-6-12/h11-13H,3-10H2,1-2H3,(H,16,17).